The molecule has 0 bridgehead atoms. The lowest BCUT2D eigenvalue weighted by molar-refractivity contribution is -0.125. The number of likely N-dealkylation sites (tertiary alicyclic amines) is 1. The zero-order valence-corrected chi connectivity index (χ0v) is 28.4. The van der Waals surface area contributed by atoms with Gasteiger partial charge in [0.1, 0.15) is 41.3 Å². The van der Waals surface area contributed by atoms with Crippen LogP contribution in [0.25, 0.3) is 0 Å². The van der Waals surface area contributed by atoms with E-state index in [1.165, 1.54) is 23.1 Å². The third kappa shape index (κ3) is 6.83. The molecule has 0 N–H and O–H groups in total. The number of imide groups is 1. The van der Waals surface area contributed by atoms with Gasteiger partial charge in [-0.3, -0.25) is 19.4 Å². The fourth-order valence-electron chi connectivity index (χ4n) is 6.70. The lowest BCUT2D eigenvalue weighted by Gasteiger charge is -2.41. The van der Waals surface area contributed by atoms with Gasteiger partial charge in [0.15, 0.2) is 0 Å². The molecule has 3 aliphatic rings. The summed E-state index contributed by atoms with van der Waals surface area (Å²) >= 11 is 1.06. The second-order valence-electron chi connectivity index (χ2n) is 12.6. The number of hydrogen-bond acceptors (Lipinski definition) is 7. The fourth-order valence-corrected chi connectivity index (χ4v) is 7.70. The number of halogens is 1. The summed E-state index contributed by atoms with van der Waals surface area (Å²) < 4.78 is 19.5. The van der Waals surface area contributed by atoms with Crippen LogP contribution in [-0.4, -0.2) is 59.3 Å². The Morgan fingerprint density at radius 2 is 1.71 bits per heavy atom. The molecule has 3 aromatic rings. The van der Waals surface area contributed by atoms with Crippen LogP contribution < -0.4 is 14.2 Å². The smallest absolute Gasteiger partial charge is 0.289 e. The molecule has 3 aliphatic heterocycles. The summed E-state index contributed by atoms with van der Waals surface area (Å²) in [4.78, 5) is 28.0. The first kappa shape index (κ1) is 33.2. The van der Waals surface area contributed by atoms with E-state index in [0.717, 1.165) is 90.0 Å². The van der Waals surface area contributed by atoms with Crippen molar-refractivity contribution in [1.29, 1.82) is 0 Å². The van der Waals surface area contributed by atoms with Gasteiger partial charge in [-0.2, -0.15) is 0 Å². The molecule has 9 heteroatoms. The van der Waals surface area contributed by atoms with Crippen molar-refractivity contribution in [2.75, 3.05) is 26.7 Å². The molecule has 45 heavy (non-hydrogen) atoms. The molecular weight excluding hydrogens is 608 g/mol. The zero-order valence-electron chi connectivity index (χ0n) is 26.8. The summed E-state index contributed by atoms with van der Waals surface area (Å²) in [6.45, 7) is 11.8. The molecule has 6 rings (SSSR count). The van der Waals surface area contributed by atoms with Crippen molar-refractivity contribution in [3.8, 4) is 17.2 Å². The SMILES string of the molecule is Cc1c(C)c2c(c(C)c1OCc1ccccc1)CCC(C)(CN1CCC[C@H]1COc1ccc(C3SC(=O)N(C)C3=O)cc1)O2.Cl. The van der Waals surface area contributed by atoms with Gasteiger partial charge in [0.05, 0.1) is 0 Å². The highest BCUT2D eigenvalue weighted by Crippen LogP contribution is 2.44. The number of ether oxygens (including phenoxy) is 3. The Balaban J connectivity index is 0.00000400. The number of carbonyl (C=O) groups is 2. The lowest BCUT2D eigenvalue weighted by atomic mass is 9.86. The number of carbonyl (C=O) groups excluding carboxylic acids is 2. The van der Waals surface area contributed by atoms with E-state index < -0.39 is 5.25 Å². The second kappa shape index (κ2) is 13.7. The molecular formula is C36H43ClN2O5S. The molecule has 0 aliphatic carbocycles. The van der Waals surface area contributed by atoms with Crippen LogP contribution in [-0.2, 0) is 17.8 Å². The van der Waals surface area contributed by atoms with Crippen LogP contribution in [0.15, 0.2) is 54.6 Å². The van der Waals surface area contributed by atoms with E-state index in [1.807, 2.05) is 42.5 Å². The molecule has 0 saturated carbocycles. The Morgan fingerprint density at radius 1 is 0.978 bits per heavy atom. The van der Waals surface area contributed by atoms with Gasteiger partial charge < -0.3 is 14.2 Å². The number of fused-ring (bicyclic) bond motifs is 1. The van der Waals surface area contributed by atoms with E-state index in [0.29, 0.717) is 19.3 Å². The average Bonchev–Trinajstić information content (AvgIpc) is 3.57. The molecule has 0 radical (unpaired) electrons. The maximum Gasteiger partial charge on any atom is 0.289 e. The number of benzene rings is 3. The topological polar surface area (TPSA) is 68.3 Å². The fraction of sp³-hybridized carbons (Fsp3) is 0.444. The normalized spacial score (nSPS) is 23.0. The Hall–Kier alpha value is -3.20. The van der Waals surface area contributed by atoms with Gasteiger partial charge in [0, 0.05) is 25.2 Å². The number of likely N-dealkylation sites (N-methyl/N-ethyl adjacent to an activating group) is 1. The van der Waals surface area contributed by atoms with E-state index in [2.05, 4.69) is 44.7 Å². The highest BCUT2D eigenvalue weighted by atomic mass is 35.5. The summed E-state index contributed by atoms with van der Waals surface area (Å²) in [6, 6.07) is 18.2. The van der Waals surface area contributed by atoms with Crippen molar-refractivity contribution >= 4 is 35.3 Å². The van der Waals surface area contributed by atoms with Crippen LogP contribution in [0.2, 0.25) is 0 Å². The Labute approximate surface area is 277 Å². The van der Waals surface area contributed by atoms with Crippen LogP contribution in [0, 0.1) is 20.8 Å². The quantitative estimate of drug-likeness (QED) is 0.236. The van der Waals surface area contributed by atoms with Crippen LogP contribution in [0.5, 0.6) is 17.2 Å². The maximum atomic E-state index is 12.4. The van der Waals surface area contributed by atoms with Crippen molar-refractivity contribution in [3.05, 3.63) is 88.0 Å². The van der Waals surface area contributed by atoms with Crippen molar-refractivity contribution < 1.29 is 23.8 Å². The number of hydrogen-bond donors (Lipinski definition) is 0. The van der Waals surface area contributed by atoms with Crippen molar-refractivity contribution in [2.24, 2.45) is 0 Å². The average molecular weight is 651 g/mol. The van der Waals surface area contributed by atoms with E-state index >= 15 is 0 Å². The molecule has 2 amide bonds. The van der Waals surface area contributed by atoms with Crippen molar-refractivity contribution in [3.63, 3.8) is 0 Å². The Kier molecular flexibility index (Phi) is 10.1. The molecule has 0 aromatic heterocycles. The second-order valence-corrected chi connectivity index (χ2v) is 13.7. The Bertz CT molecular complexity index is 1550. The van der Waals surface area contributed by atoms with E-state index in [9.17, 15) is 9.59 Å². The van der Waals surface area contributed by atoms with Crippen molar-refractivity contribution in [1.82, 2.24) is 9.80 Å². The summed E-state index contributed by atoms with van der Waals surface area (Å²) in [5.74, 6) is 2.61. The monoisotopic (exact) mass is 650 g/mol. The van der Waals surface area contributed by atoms with Gasteiger partial charge in [-0.15, -0.1) is 12.4 Å². The van der Waals surface area contributed by atoms with Crippen LogP contribution in [0.4, 0.5) is 4.79 Å². The standard InChI is InChI=1S/C36H42N2O5S.ClH/c1-23-24(2)32-30(25(3)31(23)42-20-26-10-7-6-8-11-26)17-18-36(4,43-32)22-38-19-9-12-28(38)21-41-29-15-13-27(14-16-29)33-34(39)37(5)35(40)44-33;/h6-8,10-11,13-16,28,33H,9,12,17-22H2,1-5H3;1H/t28-,33?,36?;/m0./s1. The van der Waals surface area contributed by atoms with Gasteiger partial charge in [-0.05, 0) is 112 Å². The first-order valence-electron chi connectivity index (χ1n) is 15.6. The minimum absolute atomic E-state index is 0. The first-order valence-corrected chi connectivity index (χ1v) is 16.4. The summed E-state index contributed by atoms with van der Waals surface area (Å²) in [5.41, 5.74) is 6.47. The number of thioether (sulfide) groups is 1. The molecule has 2 saturated heterocycles. The number of nitrogens with zero attached hydrogens (tertiary/aromatic N) is 2. The first-order chi connectivity index (χ1) is 21.1. The van der Waals surface area contributed by atoms with Crippen LogP contribution >= 0.6 is 24.2 Å². The molecule has 7 nitrogen and oxygen atoms in total. The molecule has 2 fully saturated rings. The molecule has 0 spiro atoms. The van der Waals surface area contributed by atoms with Gasteiger partial charge in [-0.25, -0.2) is 0 Å². The zero-order chi connectivity index (χ0) is 31.0. The Morgan fingerprint density at radius 3 is 2.40 bits per heavy atom. The summed E-state index contributed by atoms with van der Waals surface area (Å²) in [7, 11) is 1.53. The van der Waals surface area contributed by atoms with Crippen LogP contribution in [0.3, 0.4) is 0 Å². The van der Waals surface area contributed by atoms with E-state index in [4.69, 9.17) is 14.2 Å². The maximum absolute atomic E-state index is 12.4. The third-order valence-electron chi connectivity index (χ3n) is 9.50. The minimum Gasteiger partial charge on any atom is -0.492 e. The van der Waals surface area contributed by atoms with Gasteiger partial charge in [0.2, 0.25) is 5.91 Å². The molecule has 2 unspecified atom stereocenters. The minimum atomic E-state index is -0.474. The lowest BCUT2D eigenvalue weighted by Crippen LogP contribution is -2.50. The highest BCUT2D eigenvalue weighted by Gasteiger charge is 2.40. The number of rotatable bonds is 9. The van der Waals surface area contributed by atoms with Crippen LogP contribution in [0.1, 0.15) is 64.8 Å². The number of amides is 2. The van der Waals surface area contributed by atoms with Gasteiger partial charge >= 0.3 is 0 Å². The molecule has 3 heterocycles. The largest absolute Gasteiger partial charge is 0.492 e. The van der Waals surface area contributed by atoms with Gasteiger partial charge in [0.25, 0.3) is 5.24 Å². The van der Waals surface area contributed by atoms with E-state index in [1.54, 1.807) is 0 Å². The van der Waals surface area contributed by atoms with Crippen molar-refractivity contribution in [2.45, 2.75) is 76.9 Å². The molecule has 240 valence electrons. The summed E-state index contributed by atoms with van der Waals surface area (Å²) in [6.07, 6.45) is 4.14. The predicted molar refractivity (Wildman–Crippen MR) is 181 cm³/mol. The molecule has 3 atom stereocenters. The molecule has 3 aromatic carbocycles. The summed E-state index contributed by atoms with van der Waals surface area (Å²) in [5, 5.41) is -0.684. The van der Waals surface area contributed by atoms with E-state index in [-0.39, 0.29) is 29.2 Å². The predicted octanol–water partition coefficient (Wildman–Crippen LogP) is 7.61. The highest BCUT2D eigenvalue weighted by molar-refractivity contribution is 8.14. The van der Waals surface area contributed by atoms with Gasteiger partial charge in [-0.1, -0.05) is 42.5 Å². The third-order valence-corrected chi connectivity index (χ3v) is 10.7.